The van der Waals surface area contributed by atoms with Crippen LogP contribution < -0.4 is 21.3 Å². The Bertz CT molecular complexity index is 1810. The highest BCUT2D eigenvalue weighted by molar-refractivity contribution is 7.80. The number of hydrogen-bond acceptors (Lipinski definition) is 5. The maximum absolute atomic E-state index is 14.8. The smallest absolute Gasteiger partial charge is 0.381 e. The highest BCUT2D eigenvalue weighted by Crippen LogP contribution is 2.40. The fourth-order valence-electron chi connectivity index (χ4n) is 7.23. The number of para-hydroxylation sites is 1. The lowest BCUT2D eigenvalue weighted by Crippen LogP contribution is -2.67. The van der Waals surface area contributed by atoms with Crippen LogP contribution in [0.5, 0.6) is 0 Å². The minimum Gasteiger partial charge on any atom is -0.381 e. The van der Waals surface area contributed by atoms with E-state index in [0.29, 0.717) is 47.7 Å². The van der Waals surface area contributed by atoms with Gasteiger partial charge >= 0.3 is 6.18 Å². The summed E-state index contributed by atoms with van der Waals surface area (Å²) in [5.74, 6) is -2.76. The largest absolute Gasteiger partial charge is 0.418 e. The first-order chi connectivity index (χ1) is 25.2. The van der Waals surface area contributed by atoms with Crippen LogP contribution in [0.25, 0.3) is 10.9 Å². The van der Waals surface area contributed by atoms with Crippen molar-refractivity contribution in [1.29, 1.82) is 0 Å². The molecule has 2 heterocycles. The van der Waals surface area contributed by atoms with Gasteiger partial charge in [-0.2, -0.15) is 13.2 Å². The van der Waals surface area contributed by atoms with Gasteiger partial charge in [-0.05, 0) is 60.8 Å². The molecule has 2 aromatic carbocycles. The van der Waals surface area contributed by atoms with Crippen molar-refractivity contribution in [3.63, 3.8) is 0 Å². The fraction of sp³-hybridized carbons (Fsp3) is 0.538. The monoisotopic (exact) mass is 759 g/mol. The second-order valence-corrected chi connectivity index (χ2v) is 14.9. The van der Waals surface area contributed by atoms with E-state index in [0.717, 1.165) is 18.9 Å². The summed E-state index contributed by atoms with van der Waals surface area (Å²) >= 11 is 5.87. The molecule has 0 saturated carbocycles. The van der Waals surface area contributed by atoms with Gasteiger partial charge in [0.1, 0.15) is 17.4 Å². The molecule has 2 aliphatic rings. The number of halogens is 4. The highest BCUT2D eigenvalue weighted by atomic mass is 32.1. The number of ether oxygens (including phenoxy) is 1. The quantitative estimate of drug-likeness (QED) is 0.107. The van der Waals surface area contributed by atoms with Crippen LogP contribution in [0.15, 0.2) is 42.5 Å². The number of aromatic amines is 1. The van der Waals surface area contributed by atoms with E-state index in [2.05, 4.69) is 26.3 Å². The molecular formula is C39H49F4N5O4S. The normalized spacial score (nSPS) is 20.1. The average molecular weight is 760 g/mol. The number of rotatable bonds is 13. The van der Waals surface area contributed by atoms with E-state index in [1.54, 1.807) is 19.1 Å². The van der Waals surface area contributed by atoms with Gasteiger partial charge in [0.2, 0.25) is 17.7 Å². The van der Waals surface area contributed by atoms with Crippen molar-refractivity contribution in [2.75, 3.05) is 13.2 Å². The van der Waals surface area contributed by atoms with E-state index >= 15 is 0 Å². The minimum atomic E-state index is -4.61. The Balaban J connectivity index is 1.49. The summed E-state index contributed by atoms with van der Waals surface area (Å²) in [4.78, 5) is 45.8. The Hall–Kier alpha value is -4.04. The number of thiocarbonyl (C=S) groups is 1. The molecule has 1 aliphatic heterocycles. The predicted molar refractivity (Wildman–Crippen MR) is 199 cm³/mol. The summed E-state index contributed by atoms with van der Waals surface area (Å²) in [7, 11) is 0. The molecule has 53 heavy (non-hydrogen) atoms. The van der Waals surface area contributed by atoms with E-state index in [4.69, 9.17) is 17.0 Å². The molecule has 1 aliphatic carbocycles. The topological polar surface area (TPSA) is 124 Å². The van der Waals surface area contributed by atoms with Crippen molar-refractivity contribution in [2.45, 2.75) is 109 Å². The number of alkyl halides is 3. The van der Waals surface area contributed by atoms with E-state index in [-0.39, 0.29) is 54.6 Å². The molecule has 0 radical (unpaired) electrons. The number of carbonyl (C=O) groups excluding carboxylic acids is 3. The van der Waals surface area contributed by atoms with E-state index in [9.17, 15) is 31.9 Å². The number of amides is 3. The van der Waals surface area contributed by atoms with Crippen molar-refractivity contribution >= 4 is 45.8 Å². The van der Waals surface area contributed by atoms with Gasteiger partial charge in [-0.15, -0.1) is 0 Å². The Kier molecular flexibility index (Phi) is 12.9. The number of hydrogen-bond donors (Lipinski definition) is 5. The zero-order chi connectivity index (χ0) is 38.5. The van der Waals surface area contributed by atoms with Crippen molar-refractivity contribution in [2.24, 2.45) is 11.8 Å². The van der Waals surface area contributed by atoms with Crippen molar-refractivity contribution in [3.05, 3.63) is 70.7 Å². The molecule has 9 nitrogen and oxygen atoms in total. The predicted octanol–water partition coefficient (Wildman–Crippen LogP) is 6.07. The van der Waals surface area contributed by atoms with Gasteiger partial charge in [-0.1, -0.05) is 83.1 Å². The molecule has 3 aromatic rings. The van der Waals surface area contributed by atoms with Gasteiger partial charge in [0, 0.05) is 36.8 Å². The van der Waals surface area contributed by atoms with Crippen LogP contribution >= 0.6 is 12.2 Å². The molecule has 0 bridgehead atoms. The third-order valence-corrected chi connectivity index (χ3v) is 11.3. The second kappa shape index (κ2) is 17.0. The summed E-state index contributed by atoms with van der Waals surface area (Å²) in [6, 6.07) is 8.17. The number of H-pyrrole nitrogens is 1. The molecule has 1 fully saturated rings. The number of carbonyl (C=O) groups is 3. The van der Waals surface area contributed by atoms with Crippen molar-refractivity contribution in [3.8, 4) is 0 Å². The van der Waals surface area contributed by atoms with Crippen molar-refractivity contribution in [1.82, 2.24) is 26.3 Å². The van der Waals surface area contributed by atoms with E-state index < -0.39 is 52.9 Å². The first-order valence-electron chi connectivity index (χ1n) is 18.4. The van der Waals surface area contributed by atoms with E-state index in [1.807, 2.05) is 20.8 Å². The van der Waals surface area contributed by atoms with Crippen LogP contribution in [0.1, 0.15) is 82.2 Å². The average Bonchev–Trinajstić information content (AvgIpc) is 3.50. The second-order valence-electron chi connectivity index (χ2n) is 14.5. The molecule has 1 saturated heterocycles. The standard InChI is InChI=1S/C39H49F4N5O4S/c1-5-22(3)32(46-31(49)20-24-10-7-8-13-29(24)40)35(50)48-38(37(51)47-33(23(4)6-2)36(53)44-25-15-18-52-19-16-25)17-14-30-27(21-38)26-11-9-12-28(34(26)45-30)39(41,42)43/h7-13,22-23,25,32-33,45H,5-6,14-21H2,1-4H3,(H,44,53)(H,46,49)(H,47,51)(H,48,50)/t22?,23-,32-,33?,38+/m0/s1. The minimum absolute atomic E-state index is 0.0650. The summed E-state index contributed by atoms with van der Waals surface area (Å²) in [6.07, 6.45) is -2.11. The van der Waals surface area contributed by atoms with Crippen LogP contribution in [0.3, 0.4) is 0 Å². The van der Waals surface area contributed by atoms with Gasteiger partial charge in [0.05, 0.1) is 28.5 Å². The summed E-state index contributed by atoms with van der Waals surface area (Å²) in [5, 5.41) is 12.6. The SMILES string of the molecule is CCC(C)[C@H](NC(=O)Cc1ccccc1F)C(=O)N[C@]1(C(=O)NC(C(=S)NC2CCOCC2)[C@@H](C)CC)CCc2[nH]c3c(C(F)(F)F)cccc3c2C1. The maximum Gasteiger partial charge on any atom is 0.418 e. The highest BCUT2D eigenvalue weighted by Gasteiger charge is 2.47. The Morgan fingerprint density at radius 3 is 2.32 bits per heavy atom. The first-order valence-corrected chi connectivity index (χ1v) is 18.8. The van der Waals surface area contributed by atoms with Crippen LogP contribution in [0, 0.1) is 17.7 Å². The van der Waals surface area contributed by atoms with Crippen LogP contribution in [-0.2, 0) is 44.6 Å². The molecule has 5 N–H and O–H groups in total. The molecule has 1 aromatic heterocycles. The third-order valence-electron chi connectivity index (χ3n) is 10.9. The summed E-state index contributed by atoms with van der Waals surface area (Å²) < 4.78 is 62.1. The molecule has 2 unspecified atom stereocenters. The maximum atomic E-state index is 14.8. The van der Waals surface area contributed by atoms with Crippen LogP contribution in [-0.4, -0.2) is 64.6 Å². The molecule has 14 heteroatoms. The van der Waals surface area contributed by atoms with Gasteiger partial charge in [0.25, 0.3) is 0 Å². The first kappa shape index (κ1) is 40.2. The van der Waals surface area contributed by atoms with Crippen LogP contribution in [0.2, 0.25) is 0 Å². The number of nitrogens with one attached hydrogen (secondary N) is 5. The zero-order valence-electron chi connectivity index (χ0n) is 30.6. The van der Waals surface area contributed by atoms with Gasteiger partial charge in [-0.3, -0.25) is 14.4 Å². The summed E-state index contributed by atoms with van der Waals surface area (Å²) in [5.41, 5.74) is -1.29. The fourth-order valence-corrected chi connectivity index (χ4v) is 7.69. The number of benzene rings is 2. The lowest BCUT2D eigenvalue weighted by atomic mass is 9.78. The Morgan fingerprint density at radius 1 is 0.981 bits per heavy atom. The number of fused-ring (bicyclic) bond motifs is 3. The third kappa shape index (κ3) is 9.20. The van der Waals surface area contributed by atoms with Crippen LogP contribution in [0.4, 0.5) is 17.6 Å². The molecule has 5 atom stereocenters. The lowest BCUT2D eigenvalue weighted by Gasteiger charge is -2.40. The molecule has 3 amide bonds. The zero-order valence-corrected chi connectivity index (χ0v) is 31.4. The number of aromatic nitrogens is 1. The molecule has 0 spiro atoms. The number of aryl methyl sites for hydroxylation is 1. The van der Waals surface area contributed by atoms with E-state index in [1.165, 1.54) is 24.3 Å². The van der Waals surface area contributed by atoms with Gasteiger partial charge < -0.3 is 31.0 Å². The summed E-state index contributed by atoms with van der Waals surface area (Å²) in [6.45, 7) is 8.78. The molecular weight excluding hydrogens is 711 g/mol. The van der Waals surface area contributed by atoms with Gasteiger partial charge in [0.15, 0.2) is 0 Å². The lowest BCUT2D eigenvalue weighted by molar-refractivity contribution is -0.137. The Labute approximate surface area is 312 Å². The van der Waals surface area contributed by atoms with Crippen molar-refractivity contribution < 1.29 is 36.7 Å². The molecule has 5 rings (SSSR count). The van der Waals surface area contributed by atoms with Gasteiger partial charge in [-0.25, -0.2) is 4.39 Å². The Morgan fingerprint density at radius 2 is 1.66 bits per heavy atom. The molecule has 288 valence electrons.